The van der Waals surface area contributed by atoms with E-state index in [1.54, 1.807) is 41.5 Å². The van der Waals surface area contributed by atoms with Crippen LogP contribution in [0.1, 0.15) is 18.4 Å². The predicted octanol–water partition coefficient (Wildman–Crippen LogP) is 2.47. The van der Waals surface area contributed by atoms with Crippen LogP contribution >= 0.6 is 11.3 Å². The minimum atomic E-state index is -0.229. The molecule has 1 N–H and O–H groups in total. The molecule has 6 nitrogen and oxygen atoms in total. The van der Waals surface area contributed by atoms with Gasteiger partial charge in [0.05, 0.1) is 11.4 Å². The maximum absolute atomic E-state index is 12.5. The van der Waals surface area contributed by atoms with Crippen LogP contribution < -0.4 is 10.2 Å². The summed E-state index contributed by atoms with van der Waals surface area (Å²) in [5.41, 5.74) is 2.37. The molecule has 0 atom stereocenters. The lowest BCUT2D eigenvalue weighted by molar-refractivity contribution is -0.132. The largest absolute Gasteiger partial charge is 0.341 e. The van der Waals surface area contributed by atoms with Crippen molar-refractivity contribution >= 4 is 40.4 Å². The number of amides is 3. The van der Waals surface area contributed by atoms with Crippen LogP contribution in [-0.2, 0) is 20.9 Å². The first-order chi connectivity index (χ1) is 12.0. The average molecular weight is 357 g/mol. The van der Waals surface area contributed by atoms with E-state index in [0.717, 1.165) is 5.56 Å². The van der Waals surface area contributed by atoms with Crippen LogP contribution in [0.4, 0.5) is 11.4 Å². The third kappa shape index (κ3) is 4.06. The molecule has 1 aliphatic heterocycles. The number of fused-ring (bicyclic) bond motifs is 1. The van der Waals surface area contributed by atoms with Gasteiger partial charge in [0.1, 0.15) is 6.54 Å². The zero-order chi connectivity index (χ0) is 17.8. The molecule has 130 valence electrons. The van der Waals surface area contributed by atoms with Gasteiger partial charge in [-0.1, -0.05) is 12.1 Å². The van der Waals surface area contributed by atoms with Gasteiger partial charge in [0, 0.05) is 26.4 Å². The summed E-state index contributed by atoms with van der Waals surface area (Å²) in [6.07, 6.45) is 0.203. The predicted molar refractivity (Wildman–Crippen MR) is 97.5 cm³/mol. The van der Waals surface area contributed by atoms with Crippen LogP contribution in [0, 0.1) is 0 Å². The number of anilines is 2. The summed E-state index contributed by atoms with van der Waals surface area (Å²) in [6, 6.07) is 9.14. The van der Waals surface area contributed by atoms with E-state index in [2.05, 4.69) is 5.32 Å². The number of benzene rings is 1. The second-order valence-electron chi connectivity index (χ2n) is 5.93. The molecule has 0 aliphatic carbocycles. The number of rotatable bonds is 5. The Kier molecular flexibility index (Phi) is 5.14. The van der Waals surface area contributed by atoms with Crippen molar-refractivity contribution in [3.8, 4) is 0 Å². The lowest BCUT2D eigenvalue weighted by Crippen LogP contribution is -2.42. The monoisotopic (exact) mass is 357 g/mol. The van der Waals surface area contributed by atoms with Crippen molar-refractivity contribution in [1.29, 1.82) is 0 Å². The van der Waals surface area contributed by atoms with Gasteiger partial charge in [-0.3, -0.25) is 14.4 Å². The molecule has 0 saturated carbocycles. The summed E-state index contributed by atoms with van der Waals surface area (Å²) in [5.74, 6) is -0.540. The minimum Gasteiger partial charge on any atom is -0.341 e. The molecular weight excluding hydrogens is 338 g/mol. The molecule has 1 aromatic carbocycles. The first kappa shape index (κ1) is 17.2. The fraction of sp³-hybridized carbons (Fsp3) is 0.278. The van der Waals surface area contributed by atoms with E-state index in [4.69, 9.17) is 0 Å². The summed E-state index contributed by atoms with van der Waals surface area (Å²) in [4.78, 5) is 39.6. The number of nitrogens with one attached hydrogen (secondary N) is 1. The Morgan fingerprint density at radius 3 is 2.80 bits per heavy atom. The highest BCUT2D eigenvalue weighted by Gasteiger charge is 2.26. The molecule has 3 rings (SSSR count). The number of para-hydroxylation sites is 2. The van der Waals surface area contributed by atoms with E-state index in [9.17, 15) is 14.4 Å². The lowest BCUT2D eigenvalue weighted by Gasteiger charge is -2.29. The Hall–Kier alpha value is -2.67. The van der Waals surface area contributed by atoms with E-state index in [1.165, 1.54) is 4.90 Å². The second-order valence-corrected chi connectivity index (χ2v) is 6.71. The Labute approximate surface area is 150 Å². The molecule has 0 bridgehead atoms. The number of hydrogen-bond donors (Lipinski definition) is 1. The van der Waals surface area contributed by atoms with Crippen molar-refractivity contribution in [2.45, 2.75) is 19.4 Å². The Morgan fingerprint density at radius 2 is 2.04 bits per heavy atom. The van der Waals surface area contributed by atoms with Crippen LogP contribution in [0.5, 0.6) is 0 Å². The summed E-state index contributed by atoms with van der Waals surface area (Å²) in [6.45, 7) is 0.514. The smallest absolute Gasteiger partial charge is 0.244 e. The van der Waals surface area contributed by atoms with Crippen molar-refractivity contribution in [1.82, 2.24) is 4.90 Å². The lowest BCUT2D eigenvalue weighted by atomic mass is 10.1. The molecule has 3 amide bonds. The van der Waals surface area contributed by atoms with Crippen molar-refractivity contribution in [3.05, 3.63) is 46.7 Å². The summed E-state index contributed by atoms with van der Waals surface area (Å²) < 4.78 is 0. The normalized spacial score (nSPS) is 13.2. The maximum atomic E-state index is 12.5. The maximum Gasteiger partial charge on any atom is 0.244 e. The zero-order valence-corrected chi connectivity index (χ0v) is 14.7. The zero-order valence-electron chi connectivity index (χ0n) is 13.9. The third-order valence-electron chi connectivity index (χ3n) is 4.05. The number of nitrogens with zero attached hydrogens (tertiary/aromatic N) is 2. The van der Waals surface area contributed by atoms with E-state index in [1.807, 2.05) is 22.9 Å². The number of carbonyl (C=O) groups excluding carboxylic acids is 3. The van der Waals surface area contributed by atoms with Gasteiger partial charge in [-0.15, -0.1) is 0 Å². The third-order valence-corrected chi connectivity index (χ3v) is 4.78. The minimum absolute atomic E-state index is 0.0191. The Bertz CT molecular complexity index is 789. The van der Waals surface area contributed by atoms with Crippen molar-refractivity contribution in [2.75, 3.05) is 23.8 Å². The van der Waals surface area contributed by atoms with Crippen LogP contribution in [0.25, 0.3) is 0 Å². The molecule has 2 aromatic rings. The molecule has 0 unspecified atom stereocenters. The van der Waals surface area contributed by atoms with E-state index >= 15 is 0 Å². The first-order valence-corrected chi connectivity index (χ1v) is 8.93. The molecule has 0 saturated heterocycles. The highest BCUT2D eigenvalue weighted by Crippen LogP contribution is 2.29. The van der Waals surface area contributed by atoms with E-state index in [0.29, 0.717) is 17.9 Å². The van der Waals surface area contributed by atoms with Crippen molar-refractivity contribution in [2.24, 2.45) is 0 Å². The van der Waals surface area contributed by atoms with E-state index < -0.39 is 0 Å². The van der Waals surface area contributed by atoms with Gasteiger partial charge in [-0.25, -0.2) is 0 Å². The first-order valence-electron chi connectivity index (χ1n) is 7.99. The van der Waals surface area contributed by atoms with Crippen LogP contribution in [0.15, 0.2) is 41.1 Å². The number of thiophene rings is 1. The summed E-state index contributed by atoms with van der Waals surface area (Å²) in [5, 5.41) is 6.71. The van der Waals surface area contributed by atoms with Gasteiger partial charge in [0.25, 0.3) is 0 Å². The summed E-state index contributed by atoms with van der Waals surface area (Å²) in [7, 11) is 1.73. The van der Waals surface area contributed by atoms with Gasteiger partial charge in [-0.05, 0) is 34.5 Å². The van der Waals surface area contributed by atoms with E-state index in [-0.39, 0.29) is 37.1 Å². The van der Waals surface area contributed by atoms with Crippen molar-refractivity contribution < 1.29 is 14.4 Å². The highest BCUT2D eigenvalue weighted by atomic mass is 32.1. The molecule has 0 radical (unpaired) electrons. The Balaban J connectivity index is 1.59. The fourth-order valence-electron chi connectivity index (χ4n) is 2.74. The van der Waals surface area contributed by atoms with Gasteiger partial charge in [0.15, 0.2) is 0 Å². The highest BCUT2D eigenvalue weighted by molar-refractivity contribution is 7.07. The van der Waals surface area contributed by atoms with Crippen LogP contribution in [-0.4, -0.2) is 36.2 Å². The average Bonchev–Trinajstić information content (AvgIpc) is 3.11. The topological polar surface area (TPSA) is 69.7 Å². The van der Waals surface area contributed by atoms with Gasteiger partial charge in [-0.2, -0.15) is 11.3 Å². The molecule has 0 spiro atoms. The number of hydrogen-bond acceptors (Lipinski definition) is 4. The molecule has 1 aromatic heterocycles. The molecule has 7 heteroatoms. The van der Waals surface area contributed by atoms with Crippen LogP contribution in [0.2, 0.25) is 0 Å². The van der Waals surface area contributed by atoms with Gasteiger partial charge in [0.2, 0.25) is 17.7 Å². The quantitative estimate of drug-likeness (QED) is 0.894. The SMILES string of the molecule is CN(Cc1ccsc1)C(=O)CCC(=O)N1CC(=O)Nc2ccccc21. The molecule has 0 fully saturated rings. The second kappa shape index (κ2) is 7.48. The molecule has 2 heterocycles. The number of carbonyl (C=O) groups is 3. The van der Waals surface area contributed by atoms with Gasteiger partial charge < -0.3 is 15.1 Å². The molecule has 1 aliphatic rings. The Morgan fingerprint density at radius 1 is 1.24 bits per heavy atom. The summed E-state index contributed by atoms with van der Waals surface area (Å²) >= 11 is 1.59. The van der Waals surface area contributed by atoms with Crippen molar-refractivity contribution in [3.63, 3.8) is 0 Å². The van der Waals surface area contributed by atoms with Crippen LogP contribution in [0.3, 0.4) is 0 Å². The fourth-order valence-corrected chi connectivity index (χ4v) is 3.40. The molecule has 25 heavy (non-hydrogen) atoms. The van der Waals surface area contributed by atoms with Gasteiger partial charge >= 0.3 is 0 Å². The standard InChI is InChI=1S/C18H19N3O3S/c1-20(10-13-8-9-25-12-13)17(23)6-7-18(24)21-11-16(22)19-14-4-2-3-5-15(14)21/h2-5,8-9,12H,6-7,10-11H2,1H3,(H,19,22). The molecular formula is C18H19N3O3S.